The summed E-state index contributed by atoms with van der Waals surface area (Å²) in [5.74, 6) is -1.37. The number of carboxylic acid groups (broad SMARTS) is 1. The average molecular weight is 300 g/mol. The molecule has 0 aliphatic heterocycles. The van der Waals surface area contributed by atoms with Gasteiger partial charge < -0.3 is 5.11 Å². The standard InChI is InChI=1S/C13H8N4O3S/c18-11(8-4-14-6-15-5-8)17-13-16-9-2-1-7(12(19)20)3-10(9)21-13/h1-6H,(H,19,20)(H,16,17,18). The Morgan fingerprint density at radius 3 is 2.62 bits per heavy atom. The van der Waals surface area contributed by atoms with Crippen LogP contribution in [0.1, 0.15) is 20.7 Å². The predicted molar refractivity (Wildman–Crippen MR) is 76.6 cm³/mol. The van der Waals surface area contributed by atoms with E-state index in [9.17, 15) is 9.59 Å². The maximum Gasteiger partial charge on any atom is 0.335 e. The van der Waals surface area contributed by atoms with Crippen molar-refractivity contribution in [3.63, 3.8) is 0 Å². The minimum Gasteiger partial charge on any atom is -0.478 e. The first kappa shape index (κ1) is 13.1. The number of fused-ring (bicyclic) bond motifs is 1. The molecule has 1 amide bonds. The summed E-state index contributed by atoms with van der Waals surface area (Å²) in [6, 6.07) is 4.61. The Hall–Kier alpha value is -2.87. The van der Waals surface area contributed by atoms with Crippen molar-refractivity contribution in [1.82, 2.24) is 15.0 Å². The number of thiazole rings is 1. The summed E-state index contributed by atoms with van der Waals surface area (Å²) < 4.78 is 0.689. The lowest BCUT2D eigenvalue weighted by Crippen LogP contribution is -2.12. The molecular weight excluding hydrogens is 292 g/mol. The van der Waals surface area contributed by atoms with E-state index in [2.05, 4.69) is 20.3 Å². The van der Waals surface area contributed by atoms with Crippen LogP contribution in [0.15, 0.2) is 36.9 Å². The summed E-state index contributed by atoms with van der Waals surface area (Å²) in [6.45, 7) is 0. The third kappa shape index (κ3) is 2.70. The maximum atomic E-state index is 11.9. The number of amides is 1. The molecule has 0 saturated heterocycles. The maximum absolute atomic E-state index is 11.9. The van der Waals surface area contributed by atoms with Crippen molar-refractivity contribution in [3.05, 3.63) is 48.0 Å². The number of carbonyl (C=O) groups excluding carboxylic acids is 1. The number of nitrogens with one attached hydrogen (secondary N) is 1. The van der Waals surface area contributed by atoms with Gasteiger partial charge in [0.15, 0.2) is 5.13 Å². The van der Waals surface area contributed by atoms with Crippen LogP contribution in [0.2, 0.25) is 0 Å². The van der Waals surface area contributed by atoms with Gasteiger partial charge in [-0.05, 0) is 18.2 Å². The second kappa shape index (κ2) is 5.25. The third-order valence-corrected chi connectivity index (χ3v) is 3.61. The SMILES string of the molecule is O=C(O)c1ccc2nc(NC(=O)c3cncnc3)sc2c1. The molecule has 0 aliphatic carbocycles. The highest BCUT2D eigenvalue weighted by molar-refractivity contribution is 7.22. The molecule has 0 bridgehead atoms. The van der Waals surface area contributed by atoms with Crippen molar-refractivity contribution in [2.24, 2.45) is 0 Å². The van der Waals surface area contributed by atoms with Gasteiger partial charge in [-0.1, -0.05) is 11.3 Å². The van der Waals surface area contributed by atoms with Crippen molar-refractivity contribution in [2.75, 3.05) is 5.32 Å². The van der Waals surface area contributed by atoms with E-state index in [1.807, 2.05) is 0 Å². The van der Waals surface area contributed by atoms with Crippen LogP contribution in [0.5, 0.6) is 0 Å². The van der Waals surface area contributed by atoms with Gasteiger partial charge in [-0.25, -0.2) is 19.7 Å². The molecule has 104 valence electrons. The second-order valence-electron chi connectivity index (χ2n) is 4.09. The molecule has 0 unspecified atom stereocenters. The predicted octanol–water partition coefficient (Wildman–Crippen LogP) is 2.04. The molecular formula is C13H8N4O3S. The minimum absolute atomic E-state index is 0.181. The smallest absolute Gasteiger partial charge is 0.335 e. The van der Waals surface area contributed by atoms with E-state index in [0.717, 1.165) is 0 Å². The molecule has 1 aromatic carbocycles. The van der Waals surface area contributed by atoms with E-state index < -0.39 is 5.97 Å². The number of carbonyl (C=O) groups is 2. The first-order valence-corrected chi connectivity index (χ1v) is 6.65. The highest BCUT2D eigenvalue weighted by Crippen LogP contribution is 2.27. The van der Waals surface area contributed by atoms with Gasteiger partial charge in [0.2, 0.25) is 0 Å². The van der Waals surface area contributed by atoms with Crippen LogP contribution >= 0.6 is 11.3 Å². The van der Waals surface area contributed by atoms with Crippen LogP contribution in [-0.2, 0) is 0 Å². The number of aromatic carboxylic acids is 1. The molecule has 3 rings (SSSR count). The number of hydrogen-bond donors (Lipinski definition) is 2. The Kier molecular flexibility index (Phi) is 3.28. The molecule has 2 aromatic heterocycles. The van der Waals surface area contributed by atoms with Crippen molar-refractivity contribution in [1.29, 1.82) is 0 Å². The van der Waals surface area contributed by atoms with Crippen LogP contribution in [0, 0.1) is 0 Å². The van der Waals surface area contributed by atoms with E-state index in [-0.39, 0.29) is 11.5 Å². The highest BCUT2D eigenvalue weighted by Gasteiger charge is 2.11. The minimum atomic E-state index is -1.00. The second-order valence-corrected chi connectivity index (χ2v) is 5.12. The Morgan fingerprint density at radius 1 is 1.14 bits per heavy atom. The fourth-order valence-electron chi connectivity index (χ4n) is 1.70. The summed E-state index contributed by atoms with van der Waals surface area (Å²) in [6.07, 6.45) is 4.14. The molecule has 0 radical (unpaired) electrons. The fraction of sp³-hybridized carbons (Fsp3) is 0. The number of anilines is 1. The first-order valence-electron chi connectivity index (χ1n) is 5.84. The lowest BCUT2D eigenvalue weighted by Gasteiger charge is -1.99. The normalized spacial score (nSPS) is 10.5. The number of hydrogen-bond acceptors (Lipinski definition) is 6. The summed E-state index contributed by atoms with van der Waals surface area (Å²) in [7, 11) is 0. The van der Waals surface area contributed by atoms with E-state index in [1.54, 1.807) is 6.07 Å². The van der Waals surface area contributed by atoms with Crippen LogP contribution in [0.4, 0.5) is 5.13 Å². The Balaban J connectivity index is 1.88. The molecule has 21 heavy (non-hydrogen) atoms. The van der Waals surface area contributed by atoms with Crippen molar-refractivity contribution in [3.8, 4) is 0 Å². The monoisotopic (exact) mass is 300 g/mol. The molecule has 0 fully saturated rings. The van der Waals surface area contributed by atoms with E-state index in [1.165, 1.54) is 42.2 Å². The molecule has 7 nitrogen and oxygen atoms in total. The van der Waals surface area contributed by atoms with E-state index in [0.29, 0.717) is 20.9 Å². The summed E-state index contributed by atoms with van der Waals surface area (Å²) in [5.41, 5.74) is 1.13. The fourth-order valence-corrected chi connectivity index (χ4v) is 2.60. The summed E-state index contributed by atoms with van der Waals surface area (Å²) in [4.78, 5) is 34.6. The Bertz CT molecular complexity index is 832. The van der Waals surface area contributed by atoms with Crippen LogP contribution in [0.25, 0.3) is 10.2 Å². The average Bonchev–Trinajstić information content (AvgIpc) is 2.89. The lowest BCUT2D eigenvalue weighted by molar-refractivity contribution is 0.0697. The topological polar surface area (TPSA) is 105 Å². The Labute approximate surface area is 122 Å². The summed E-state index contributed by atoms with van der Waals surface area (Å²) in [5, 5.41) is 12.0. The van der Waals surface area contributed by atoms with Gasteiger partial charge in [-0.3, -0.25) is 10.1 Å². The van der Waals surface area contributed by atoms with Gasteiger partial charge in [0, 0.05) is 12.4 Å². The molecule has 0 atom stereocenters. The molecule has 0 aliphatic rings. The number of nitrogens with zero attached hydrogens (tertiary/aromatic N) is 3. The van der Waals surface area contributed by atoms with Crippen LogP contribution < -0.4 is 5.32 Å². The highest BCUT2D eigenvalue weighted by atomic mass is 32.1. The number of aromatic nitrogens is 3. The largest absolute Gasteiger partial charge is 0.478 e. The van der Waals surface area contributed by atoms with Crippen molar-refractivity contribution >= 4 is 38.6 Å². The number of rotatable bonds is 3. The molecule has 0 saturated carbocycles. The van der Waals surface area contributed by atoms with Gasteiger partial charge in [-0.15, -0.1) is 0 Å². The van der Waals surface area contributed by atoms with Gasteiger partial charge in [0.05, 0.1) is 21.3 Å². The first-order chi connectivity index (χ1) is 10.1. The van der Waals surface area contributed by atoms with Crippen LogP contribution in [-0.4, -0.2) is 31.9 Å². The zero-order chi connectivity index (χ0) is 14.8. The van der Waals surface area contributed by atoms with Crippen LogP contribution in [0.3, 0.4) is 0 Å². The molecule has 8 heteroatoms. The van der Waals surface area contributed by atoms with Gasteiger partial charge in [0.1, 0.15) is 6.33 Å². The lowest BCUT2D eigenvalue weighted by atomic mass is 10.2. The number of carboxylic acids is 1. The molecule has 0 spiro atoms. The zero-order valence-electron chi connectivity index (χ0n) is 10.5. The molecule has 3 aromatic rings. The van der Waals surface area contributed by atoms with E-state index in [4.69, 9.17) is 5.11 Å². The third-order valence-electron chi connectivity index (χ3n) is 2.68. The summed E-state index contributed by atoms with van der Waals surface area (Å²) >= 11 is 1.20. The number of benzene rings is 1. The quantitative estimate of drug-likeness (QED) is 0.766. The molecule has 2 heterocycles. The van der Waals surface area contributed by atoms with Gasteiger partial charge in [0.25, 0.3) is 5.91 Å². The van der Waals surface area contributed by atoms with E-state index >= 15 is 0 Å². The molecule has 2 N–H and O–H groups in total. The van der Waals surface area contributed by atoms with Gasteiger partial charge >= 0.3 is 5.97 Å². The van der Waals surface area contributed by atoms with Crippen molar-refractivity contribution < 1.29 is 14.7 Å². The zero-order valence-corrected chi connectivity index (χ0v) is 11.3. The Morgan fingerprint density at radius 2 is 1.90 bits per heavy atom. The van der Waals surface area contributed by atoms with Gasteiger partial charge in [-0.2, -0.15) is 0 Å². The van der Waals surface area contributed by atoms with Crippen molar-refractivity contribution in [2.45, 2.75) is 0 Å².